The van der Waals surface area contributed by atoms with Gasteiger partial charge in [0.05, 0.1) is 11.8 Å². The highest BCUT2D eigenvalue weighted by molar-refractivity contribution is 5.98. The van der Waals surface area contributed by atoms with Gasteiger partial charge in [-0.15, -0.1) is 0 Å². The van der Waals surface area contributed by atoms with Crippen molar-refractivity contribution < 1.29 is 18.7 Å². The summed E-state index contributed by atoms with van der Waals surface area (Å²) in [5, 5.41) is 0. The Morgan fingerprint density at radius 2 is 2.00 bits per heavy atom. The first-order chi connectivity index (χ1) is 9.06. The molecule has 19 heavy (non-hydrogen) atoms. The summed E-state index contributed by atoms with van der Waals surface area (Å²) in [4.78, 5) is 17.4. The highest BCUT2D eigenvalue weighted by Gasteiger charge is 2.36. The van der Waals surface area contributed by atoms with Crippen molar-refractivity contribution in [1.82, 2.24) is 9.88 Å². The van der Waals surface area contributed by atoms with E-state index in [4.69, 9.17) is 15.2 Å². The lowest BCUT2D eigenvalue weighted by Crippen LogP contribution is -2.31. The fourth-order valence-corrected chi connectivity index (χ4v) is 2.15. The molecule has 0 bridgehead atoms. The summed E-state index contributed by atoms with van der Waals surface area (Å²) < 4.78 is 23.6. The van der Waals surface area contributed by atoms with E-state index in [9.17, 15) is 9.18 Å². The maximum absolute atomic E-state index is 13.1. The molecule has 104 valence electrons. The third-order valence-corrected chi connectivity index (χ3v) is 3.22. The van der Waals surface area contributed by atoms with Crippen molar-refractivity contribution in [2.75, 3.05) is 33.0 Å². The highest BCUT2D eigenvalue weighted by Crippen LogP contribution is 2.20. The van der Waals surface area contributed by atoms with Gasteiger partial charge < -0.3 is 20.1 Å². The predicted molar refractivity (Wildman–Crippen MR) is 66.1 cm³/mol. The van der Waals surface area contributed by atoms with Crippen LogP contribution in [0.3, 0.4) is 0 Å². The molecule has 1 aliphatic heterocycles. The van der Waals surface area contributed by atoms with Crippen molar-refractivity contribution in [2.45, 2.75) is 12.2 Å². The molecule has 2 rings (SSSR count). The van der Waals surface area contributed by atoms with Crippen LogP contribution in [0.25, 0.3) is 0 Å². The van der Waals surface area contributed by atoms with Crippen LogP contribution < -0.4 is 5.73 Å². The number of nitrogens with two attached hydrogens (primary N) is 1. The standard InChI is InChI=1S/C12H16FN3O3/c1-18-9-5-16(6-10(9)19-2)12(17)8-3-7(13)4-15-11(8)14/h3-4,9-10H,5-6H2,1-2H3,(H2,14,15). The molecular weight excluding hydrogens is 253 g/mol. The van der Waals surface area contributed by atoms with Gasteiger partial charge in [0.15, 0.2) is 0 Å². The van der Waals surface area contributed by atoms with Gasteiger partial charge in [-0.1, -0.05) is 0 Å². The van der Waals surface area contributed by atoms with E-state index in [1.807, 2.05) is 0 Å². The average Bonchev–Trinajstić information content (AvgIpc) is 2.84. The lowest BCUT2D eigenvalue weighted by atomic mass is 10.2. The van der Waals surface area contributed by atoms with E-state index in [-0.39, 0.29) is 29.5 Å². The summed E-state index contributed by atoms with van der Waals surface area (Å²) >= 11 is 0. The number of hydrogen-bond acceptors (Lipinski definition) is 5. The van der Waals surface area contributed by atoms with Crippen molar-refractivity contribution in [3.63, 3.8) is 0 Å². The number of carbonyl (C=O) groups is 1. The van der Waals surface area contributed by atoms with Gasteiger partial charge in [0, 0.05) is 27.3 Å². The van der Waals surface area contributed by atoms with Gasteiger partial charge >= 0.3 is 0 Å². The summed E-state index contributed by atoms with van der Waals surface area (Å²) in [6.07, 6.45) is 0.583. The number of nitrogens with zero attached hydrogens (tertiary/aromatic N) is 2. The van der Waals surface area contributed by atoms with Crippen molar-refractivity contribution in [2.24, 2.45) is 0 Å². The summed E-state index contributed by atoms with van der Waals surface area (Å²) in [7, 11) is 3.12. The zero-order valence-corrected chi connectivity index (χ0v) is 10.8. The number of hydrogen-bond donors (Lipinski definition) is 1. The smallest absolute Gasteiger partial charge is 0.257 e. The molecule has 2 unspecified atom stereocenters. The van der Waals surface area contributed by atoms with Crippen LogP contribution in [0.4, 0.5) is 10.2 Å². The van der Waals surface area contributed by atoms with E-state index in [2.05, 4.69) is 4.98 Å². The van der Waals surface area contributed by atoms with Gasteiger partial charge in [-0.2, -0.15) is 0 Å². The highest BCUT2D eigenvalue weighted by atomic mass is 19.1. The van der Waals surface area contributed by atoms with Crippen LogP contribution in [-0.2, 0) is 9.47 Å². The molecule has 1 fully saturated rings. The second kappa shape index (κ2) is 5.50. The molecular formula is C12H16FN3O3. The number of methoxy groups -OCH3 is 2. The number of ether oxygens (including phenoxy) is 2. The van der Waals surface area contributed by atoms with E-state index in [0.29, 0.717) is 13.1 Å². The molecule has 1 aromatic rings. The zero-order chi connectivity index (χ0) is 14.0. The van der Waals surface area contributed by atoms with Crippen LogP contribution in [0.2, 0.25) is 0 Å². The van der Waals surface area contributed by atoms with Gasteiger partial charge in [-0.3, -0.25) is 4.79 Å². The lowest BCUT2D eigenvalue weighted by molar-refractivity contribution is -0.00461. The molecule has 7 heteroatoms. The molecule has 0 radical (unpaired) electrons. The van der Waals surface area contributed by atoms with Crippen LogP contribution in [-0.4, -0.2) is 55.3 Å². The quantitative estimate of drug-likeness (QED) is 0.853. The first-order valence-corrected chi connectivity index (χ1v) is 5.82. The Labute approximate surface area is 110 Å². The second-order valence-electron chi connectivity index (χ2n) is 4.34. The van der Waals surface area contributed by atoms with Crippen molar-refractivity contribution in [3.05, 3.63) is 23.6 Å². The molecule has 2 atom stereocenters. The number of pyridine rings is 1. The maximum atomic E-state index is 13.1. The molecule has 0 saturated carbocycles. The van der Waals surface area contributed by atoms with Crippen LogP contribution in [0.5, 0.6) is 0 Å². The SMILES string of the molecule is COC1CN(C(=O)c2cc(F)cnc2N)CC1OC. The summed E-state index contributed by atoms with van der Waals surface area (Å²) in [5.41, 5.74) is 5.67. The second-order valence-corrected chi connectivity index (χ2v) is 4.34. The Morgan fingerprint density at radius 1 is 1.42 bits per heavy atom. The number of carbonyl (C=O) groups excluding carboxylic acids is 1. The summed E-state index contributed by atoms with van der Waals surface area (Å²) in [5.74, 6) is -0.948. The Hall–Kier alpha value is -1.73. The third kappa shape index (κ3) is 2.66. The minimum absolute atomic E-state index is 0.0150. The predicted octanol–water partition coefficient (Wildman–Crippen LogP) is 0.289. The van der Waals surface area contributed by atoms with E-state index in [1.165, 1.54) is 4.90 Å². The number of anilines is 1. The minimum Gasteiger partial charge on any atom is -0.383 e. The Bertz CT molecular complexity index is 471. The number of rotatable bonds is 3. The molecule has 1 aromatic heterocycles. The number of likely N-dealkylation sites (tertiary alicyclic amines) is 1. The lowest BCUT2D eigenvalue weighted by Gasteiger charge is -2.16. The molecule has 0 aliphatic carbocycles. The molecule has 1 aliphatic rings. The fourth-order valence-electron chi connectivity index (χ4n) is 2.15. The topological polar surface area (TPSA) is 77.7 Å². The van der Waals surface area contributed by atoms with Gasteiger partial charge in [-0.25, -0.2) is 9.37 Å². The number of amides is 1. The first kappa shape index (κ1) is 13.7. The van der Waals surface area contributed by atoms with Crippen LogP contribution in [0, 0.1) is 5.82 Å². The van der Waals surface area contributed by atoms with Crippen LogP contribution in [0.1, 0.15) is 10.4 Å². The van der Waals surface area contributed by atoms with Crippen LogP contribution >= 0.6 is 0 Å². The molecule has 1 saturated heterocycles. The Balaban J connectivity index is 2.19. The molecule has 2 heterocycles. The molecule has 6 nitrogen and oxygen atoms in total. The maximum Gasteiger partial charge on any atom is 0.257 e. The van der Waals surface area contributed by atoms with E-state index < -0.39 is 5.82 Å². The van der Waals surface area contributed by atoms with E-state index in [1.54, 1.807) is 14.2 Å². The van der Waals surface area contributed by atoms with Crippen molar-refractivity contribution in [3.8, 4) is 0 Å². The minimum atomic E-state index is -0.594. The van der Waals surface area contributed by atoms with E-state index in [0.717, 1.165) is 12.3 Å². The molecule has 2 N–H and O–H groups in total. The largest absolute Gasteiger partial charge is 0.383 e. The molecule has 0 spiro atoms. The zero-order valence-electron chi connectivity index (χ0n) is 10.8. The van der Waals surface area contributed by atoms with E-state index >= 15 is 0 Å². The first-order valence-electron chi connectivity index (χ1n) is 5.82. The Kier molecular flexibility index (Phi) is 3.96. The third-order valence-electron chi connectivity index (χ3n) is 3.22. The fraction of sp³-hybridized carbons (Fsp3) is 0.500. The van der Waals surface area contributed by atoms with Crippen molar-refractivity contribution >= 4 is 11.7 Å². The summed E-state index contributed by atoms with van der Waals surface area (Å²) in [6.45, 7) is 0.758. The van der Waals surface area contributed by atoms with Gasteiger partial charge in [0.1, 0.15) is 23.8 Å². The molecule has 1 amide bonds. The monoisotopic (exact) mass is 269 g/mol. The van der Waals surface area contributed by atoms with Crippen molar-refractivity contribution in [1.29, 1.82) is 0 Å². The number of aromatic nitrogens is 1. The normalized spacial score (nSPS) is 22.8. The van der Waals surface area contributed by atoms with Gasteiger partial charge in [-0.05, 0) is 6.07 Å². The van der Waals surface area contributed by atoms with Crippen LogP contribution in [0.15, 0.2) is 12.3 Å². The number of nitrogen functional groups attached to an aromatic ring is 1. The Morgan fingerprint density at radius 3 is 2.53 bits per heavy atom. The molecule has 0 aromatic carbocycles. The average molecular weight is 269 g/mol. The summed E-state index contributed by atoms with van der Waals surface area (Å²) in [6, 6.07) is 1.09. The van der Waals surface area contributed by atoms with Gasteiger partial charge in [0.2, 0.25) is 0 Å². The number of halogens is 1. The van der Waals surface area contributed by atoms with Gasteiger partial charge in [0.25, 0.3) is 5.91 Å².